The third kappa shape index (κ3) is 3.45. The fourth-order valence-electron chi connectivity index (χ4n) is 2.40. The molecule has 0 aromatic carbocycles. The standard InChI is InChI=1S/C12H19NO5/c1-7(14)13-10-5-4-8(11(15)17-2)6-9(10)12(16)18-3/h8-10H,4-6H2,1-3H3,(H,13,14)/t8-,9-,10+/m0/s1. The number of rotatable bonds is 3. The highest BCUT2D eigenvalue weighted by atomic mass is 16.5. The fraction of sp³-hybridized carbons (Fsp3) is 0.750. The summed E-state index contributed by atoms with van der Waals surface area (Å²) in [5.74, 6) is -1.70. The predicted molar refractivity (Wildman–Crippen MR) is 62.5 cm³/mol. The third-order valence-electron chi connectivity index (χ3n) is 3.28. The second-order valence-corrected chi connectivity index (χ2v) is 4.47. The topological polar surface area (TPSA) is 81.7 Å². The van der Waals surface area contributed by atoms with Gasteiger partial charge in [0.05, 0.1) is 26.1 Å². The van der Waals surface area contributed by atoms with Crippen LogP contribution in [0.15, 0.2) is 0 Å². The average Bonchev–Trinajstić information content (AvgIpc) is 2.36. The lowest BCUT2D eigenvalue weighted by atomic mass is 9.78. The third-order valence-corrected chi connectivity index (χ3v) is 3.28. The first kappa shape index (κ1) is 14.5. The molecule has 1 fully saturated rings. The molecular weight excluding hydrogens is 238 g/mol. The van der Waals surface area contributed by atoms with Gasteiger partial charge in [0, 0.05) is 13.0 Å². The van der Waals surface area contributed by atoms with E-state index in [1.165, 1.54) is 21.1 Å². The van der Waals surface area contributed by atoms with E-state index in [4.69, 9.17) is 4.74 Å². The van der Waals surface area contributed by atoms with Crippen LogP contribution >= 0.6 is 0 Å². The molecule has 0 radical (unpaired) electrons. The fourth-order valence-corrected chi connectivity index (χ4v) is 2.40. The van der Waals surface area contributed by atoms with Crippen molar-refractivity contribution in [2.24, 2.45) is 11.8 Å². The van der Waals surface area contributed by atoms with Gasteiger partial charge in [-0.3, -0.25) is 14.4 Å². The first-order valence-corrected chi connectivity index (χ1v) is 5.92. The number of methoxy groups -OCH3 is 2. The van der Waals surface area contributed by atoms with Crippen molar-refractivity contribution in [2.45, 2.75) is 32.2 Å². The van der Waals surface area contributed by atoms with Crippen LogP contribution in [0.1, 0.15) is 26.2 Å². The monoisotopic (exact) mass is 257 g/mol. The van der Waals surface area contributed by atoms with Crippen molar-refractivity contribution in [1.29, 1.82) is 0 Å². The second-order valence-electron chi connectivity index (χ2n) is 4.47. The Morgan fingerprint density at radius 2 is 1.67 bits per heavy atom. The van der Waals surface area contributed by atoms with Crippen LogP contribution in [0.5, 0.6) is 0 Å². The minimum Gasteiger partial charge on any atom is -0.469 e. The highest BCUT2D eigenvalue weighted by molar-refractivity contribution is 5.79. The first-order chi connectivity index (χ1) is 8.49. The molecule has 1 amide bonds. The van der Waals surface area contributed by atoms with Gasteiger partial charge in [-0.05, 0) is 19.3 Å². The number of hydrogen-bond donors (Lipinski definition) is 1. The zero-order chi connectivity index (χ0) is 13.7. The molecule has 18 heavy (non-hydrogen) atoms. The zero-order valence-electron chi connectivity index (χ0n) is 10.9. The summed E-state index contributed by atoms with van der Waals surface area (Å²) in [6.45, 7) is 1.40. The van der Waals surface area contributed by atoms with Crippen LogP contribution in [-0.4, -0.2) is 38.1 Å². The largest absolute Gasteiger partial charge is 0.469 e. The molecular formula is C12H19NO5. The minimum atomic E-state index is -0.489. The average molecular weight is 257 g/mol. The van der Waals surface area contributed by atoms with Gasteiger partial charge in [-0.25, -0.2) is 0 Å². The summed E-state index contributed by atoms with van der Waals surface area (Å²) in [6.07, 6.45) is 1.52. The lowest BCUT2D eigenvalue weighted by Gasteiger charge is -2.33. The smallest absolute Gasteiger partial charge is 0.310 e. The molecule has 0 aromatic heterocycles. The van der Waals surface area contributed by atoms with Crippen molar-refractivity contribution in [3.8, 4) is 0 Å². The summed E-state index contributed by atoms with van der Waals surface area (Å²) < 4.78 is 9.41. The quantitative estimate of drug-likeness (QED) is 0.733. The molecule has 1 rings (SSSR count). The summed E-state index contributed by atoms with van der Waals surface area (Å²) in [6, 6.07) is -0.268. The van der Waals surface area contributed by atoms with E-state index < -0.39 is 11.9 Å². The summed E-state index contributed by atoms with van der Waals surface area (Å²) in [4.78, 5) is 34.3. The van der Waals surface area contributed by atoms with Gasteiger partial charge in [0.2, 0.25) is 5.91 Å². The highest BCUT2D eigenvalue weighted by Gasteiger charge is 2.39. The van der Waals surface area contributed by atoms with Crippen molar-refractivity contribution in [1.82, 2.24) is 5.32 Å². The molecule has 1 aliphatic rings. The van der Waals surface area contributed by atoms with Gasteiger partial charge in [0.15, 0.2) is 0 Å². The number of carbonyl (C=O) groups excluding carboxylic acids is 3. The minimum absolute atomic E-state index is 0.189. The maximum absolute atomic E-state index is 11.7. The molecule has 1 aliphatic carbocycles. The summed E-state index contributed by atoms with van der Waals surface area (Å²) in [7, 11) is 2.63. The van der Waals surface area contributed by atoms with E-state index in [9.17, 15) is 14.4 Å². The molecule has 1 saturated carbocycles. The molecule has 0 aliphatic heterocycles. The SMILES string of the molecule is COC(=O)[C@H]1CC[C@@H](NC(C)=O)[C@@H](C(=O)OC)C1. The summed E-state index contributed by atoms with van der Waals surface area (Å²) in [5.41, 5.74) is 0. The van der Waals surface area contributed by atoms with Gasteiger partial charge in [0.1, 0.15) is 0 Å². The van der Waals surface area contributed by atoms with Crippen molar-refractivity contribution in [3.05, 3.63) is 0 Å². The number of hydrogen-bond acceptors (Lipinski definition) is 5. The molecule has 0 aromatic rings. The normalized spacial score (nSPS) is 27.2. The maximum atomic E-state index is 11.7. The van der Waals surface area contributed by atoms with Gasteiger partial charge in [-0.15, -0.1) is 0 Å². The molecule has 0 bridgehead atoms. The molecule has 0 saturated heterocycles. The van der Waals surface area contributed by atoms with Crippen molar-refractivity contribution < 1.29 is 23.9 Å². The Morgan fingerprint density at radius 3 is 2.17 bits per heavy atom. The van der Waals surface area contributed by atoms with Crippen LogP contribution in [-0.2, 0) is 23.9 Å². The van der Waals surface area contributed by atoms with Crippen molar-refractivity contribution in [3.63, 3.8) is 0 Å². The van der Waals surface area contributed by atoms with E-state index >= 15 is 0 Å². The number of esters is 2. The van der Waals surface area contributed by atoms with Crippen LogP contribution < -0.4 is 5.32 Å². The van der Waals surface area contributed by atoms with Crippen LogP contribution in [0.4, 0.5) is 0 Å². The Balaban J connectivity index is 2.75. The van der Waals surface area contributed by atoms with E-state index in [-0.39, 0.29) is 23.8 Å². The maximum Gasteiger partial charge on any atom is 0.310 e. The number of carbonyl (C=O) groups is 3. The van der Waals surface area contributed by atoms with Crippen molar-refractivity contribution >= 4 is 17.8 Å². The van der Waals surface area contributed by atoms with E-state index in [1.807, 2.05) is 0 Å². The Morgan fingerprint density at radius 1 is 1.06 bits per heavy atom. The molecule has 3 atom stereocenters. The Bertz CT molecular complexity index is 341. The molecule has 0 spiro atoms. The molecule has 102 valence electrons. The van der Waals surface area contributed by atoms with E-state index in [0.29, 0.717) is 19.3 Å². The molecule has 6 heteroatoms. The van der Waals surface area contributed by atoms with Gasteiger partial charge in [-0.2, -0.15) is 0 Å². The molecule has 0 unspecified atom stereocenters. The summed E-state index contributed by atoms with van der Waals surface area (Å²) >= 11 is 0. The number of nitrogens with one attached hydrogen (secondary N) is 1. The molecule has 1 N–H and O–H groups in total. The van der Waals surface area contributed by atoms with Gasteiger partial charge in [0.25, 0.3) is 0 Å². The first-order valence-electron chi connectivity index (χ1n) is 5.92. The second kappa shape index (κ2) is 6.37. The lowest BCUT2D eigenvalue weighted by Crippen LogP contribution is -2.47. The Hall–Kier alpha value is -1.59. The van der Waals surface area contributed by atoms with Gasteiger partial charge < -0.3 is 14.8 Å². The van der Waals surface area contributed by atoms with Gasteiger partial charge in [-0.1, -0.05) is 0 Å². The highest BCUT2D eigenvalue weighted by Crippen LogP contribution is 2.31. The Kier molecular flexibility index (Phi) is 5.12. The van der Waals surface area contributed by atoms with E-state index in [2.05, 4.69) is 10.1 Å². The van der Waals surface area contributed by atoms with Crippen LogP contribution in [0, 0.1) is 11.8 Å². The molecule has 6 nitrogen and oxygen atoms in total. The van der Waals surface area contributed by atoms with Crippen LogP contribution in [0.2, 0.25) is 0 Å². The summed E-state index contributed by atoms with van der Waals surface area (Å²) in [5, 5.41) is 2.73. The van der Waals surface area contributed by atoms with Crippen LogP contribution in [0.25, 0.3) is 0 Å². The number of ether oxygens (including phenoxy) is 2. The predicted octanol–water partition coefficient (Wildman–Crippen LogP) is 0.253. The van der Waals surface area contributed by atoms with Crippen LogP contribution in [0.3, 0.4) is 0 Å². The zero-order valence-corrected chi connectivity index (χ0v) is 10.9. The van der Waals surface area contributed by atoms with E-state index in [1.54, 1.807) is 0 Å². The van der Waals surface area contributed by atoms with Gasteiger partial charge >= 0.3 is 11.9 Å². The Labute approximate surface area is 106 Å². The van der Waals surface area contributed by atoms with E-state index in [0.717, 1.165) is 0 Å². The molecule has 0 heterocycles. The number of amides is 1. The van der Waals surface area contributed by atoms with Crippen molar-refractivity contribution in [2.75, 3.05) is 14.2 Å². The lowest BCUT2D eigenvalue weighted by molar-refractivity contribution is -0.153.